The first kappa shape index (κ1) is 26.2. The number of rotatable bonds is 8. The van der Waals surface area contributed by atoms with Crippen molar-refractivity contribution in [1.29, 1.82) is 5.26 Å². The molecule has 38 heavy (non-hydrogen) atoms. The van der Waals surface area contributed by atoms with E-state index in [1.165, 1.54) is 54.6 Å². The Kier molecular flexibility index (Phi) is 7.63. The van der Waals surface area contributed by atoms with E-state index >= 15 is 0 Å². The Bertz CT molecular complexity index is 1490. The summed E-state index contributed by atoms with van der Waals surface area (Å²) in [5.41, 5.74) is -0.0744. The van der Waals surface area contributed by atoms with Crippen LogP contribution in [0.15, 0.2) is 95.4 Å². The molecule has 1 aromatic heterocycles. The third-order valence-electron chi connectivity index (χ3n) is 5.92. The van der Waals surface area contributed by atoms with E-state index in [1.807, 2.05) is 6.07 Å². The lowest BCUT2D eigenvalue weighted by molar-refractivity contribution is -0.142. The van der Waals surface area contributed by atoms with Crippen molar-refractivity contribution < 1.29 is 32.3 Å². The van der Waals surface area contributed by atoms with Gasteiger partial charge in [0.1, 0.15) is 17.6 Å². The van der Waals surface area contributed by atoms with Crippen LogP contribution in [0.3, 0.4) is 0 Å². The van der Waals surface area contributed by atoms with E-state index in [0.29, 0.717) is 5.56 Å². The largest absolute Gasteiger partial charge is 0.480 e. The number of halogens is 3. The van der Waals surface area contributed by atoms with Crippen LogP contribution in [0.4, 0.5) is 13.2 Å². The molecule has 4 rings (SSSR count). The number of nitrogens with zero attached hydrogens (tertiary/aromatic N) is 2. The van der Waals surface area contributed by atoms with Crippen LogP contribution in [0, 0.1) is 11.3 Å². The summed E-state index contributed by atoms with van der Waals surface area (Å²) in [4.78, 5) is 27.0. The predicted molar refractivity (Wildman–Crippen MR) is 132 cm³/mol. The summed E-state index contributed by atoms with van der Waals surface area (Å²) in [6, 6.07) is 22.9. The van der Waals surface area contributed by atoms with Crippen LogP contribution >= 0.6 is 0 Å². The van der Waals surface area contributed by atoms with E-state index in [2.05, 4.69) is 0 Å². The third-order valence-corrected chi connectivity index (χ3v) is 5.92. The number of carboxylic acid groups (broad SMARTS) is 1. The molecule has 1 N–H and O–H groups in total. The molecule has 0 aliphatic carbocycles. The molecule has 0 saturated carbocycles. The molecule has 0 spiro atoms. The number of aliphatic carboxylic acids is 1. The molecule has 0 aliphatic rings. The molecule has 4 aromatic rings. The lowest BCUT2D eigenvalue weighted by atomic mass is 10.0. The minimum atomic E-state index is -4.61. The van der Waals surface area contributed by atoms with Crippen molar-refractivity contribution in [2.24, 2.45) is 0 Å². The van der Waals surface area contributed by atoms with Crippen LogP contribution in [0.5, 0.6) is 0 Å². The topological polar surface area (TPSA) is 94.5 Å². The molecule has 0 fully saturated rings. The van der Waals surface area contributed by atoms with Crippen LogP contribution in [-0.2, 0) is 23.9 Å². The number of nitriles is 1. The van der Waals surface area contributed by atoms with Gasteiger partial charge in [-0.25, -0.2) is 4.79 Å². The van der Waals surface area contributed by atoms with Crippen molar-refractivity contribution in [3.05, 3.63) is 119 Å². The van der Waals surface area contributed by atoms with Gasteiger partial charge in [-0.3, -0.25) is 4.79 Å². The molecule has 1 heterocycles. The predicted octanol–water partition coefficient (Wildman–Crippen LogP) is 6.18. The van der Waals surface area contributed by atoms with Crippen LogP contribution in [0.1, 0.15) is 32.8 Å². The summed E-state index contributed by atoms with van der Waals surface area (Å²) in [5.74, 6) is -1.91. The Balaban J connectivity index is 1.72. The maximum absolute atomic E-state index is 13.6. The maximum atomic E-state index is 13.6. The quantitative estimate of drug-likeness (QED) is 0.301. The van der Waals surface area contributed by atoms with Crippen LogP contribution < -0.4 is 0 Å². The second-order valence-electron chi connectivity index (χ2n) is 8.48. The van der Waals surface area contributed by atoms with Gasteiger partial charge in [-0.15, -0.1) is 0 Å². The van der Waals surface area contributed by atoms with E-state index < -0.39 is 29.7 Å². The number of hydrogen-bond donors (Lipinski definition) is 1. The Hall–Kier alpha value is -4.84. The van der Waals surface area contributed by atoms with Gasteiger partial charge in [0, 0.05) is 17.5 Å². The first-order chi connectivity index (χ1) is 18.2. The second-order valence-corrected chi connectivity index (χ2v) is 8.48. The highest BCUT2D eigenvalue weighted by atomic mass is 19.4. The van der Waals surface area contributed by atoms with Gasteiger partial charge in [0.2, 0.25) is 0 Å². The van der Waals surface area contributed by atoms with Crippen LogP contribution in [0.2, 0.25) is 0 Å². The highest BCUT2D eigenvalue weighted by molar-refractivity contribution is 5.97. The number of furan rings is 1. The molecule has 192 valence electrons. The number of carbonyl (C=O) groups is 2. The van der Waals surface area contributed by atoms with Gasteiger partial charge in [0.15, 0.2) is 0 Å². The number of hydrogen-bond acceptors (Lipinski definition) is 4. The molecule has 0 bridgehead atoms. The van der Waals surface area contributed by atoms with Crippen molar-refractivity contribution in [1.82, 2.24) is 4.90 Å². The fraction of sp³-hybridized carbons (Fsp3) is 0.138. The summed E-state index contributed by atoms with van der Waals surface area (Å²) in [7, 11) is 0. The Labute approximate surface area is 216 Å². The number of benzene rings is 3. The SMILES string of the molecule is N#Cc1cccc(C(=O)N(Cc2ccc(-c3ccccc3C(F)(F)F)o2)C(Cc2ccccc2)C(=O)O)c1. The van der Waals surface area contributed by atoms with Gasteiger partial charge in [0.25, 0.3) is 5.91 Å². The second kappa shape index (κ2) is 11.0. The third kappa shape index (κ3) is 5.93. The molecular weight excluding hydrogens is 497 g/mol. The smallest absolute Gasteiger partial charge is 0.417 e. The van der Waals surface area contributed by atoms with Crippen molar-refractivity contribution in [2.75, 3.05) is 0 Å². The number of carboxylic acids is 1. The molecule has 6 nitrogen and oxygen atoms in total. The number of alkyl halides is 3. The van der Waals surface area contributed by atoms with Gasteiger partial charge < -0.3 is 14.4 Å². The van der Waals surface area contributed by atoms with Crippen molar-refractivity contribution in [3.8, 4) is 17.4 Å². The Morgan fingerprint density at radius 3 is 2.34 bits per heavy atom. The van der Waals surface area contributed by atoms with Gasteiger partial charge in [-0.1, -0.05) is 54.6 Å². The molecule has 0 saturated heterocycles. The summed E-state index contributed by atoms with van der Waals surface area (Å²) < 4.78 is 46.3. The van der Waals surface area contributed by atoms with E-state index in [0.717, 1.165) is 11.0 Å². The number of amides is 1. The molecule has 1 amide bonds. The van der Waals surface area contributed by atoms with Crippen molar-refractivity contribution in [2.45, 2.75) is 25.2 Å². The highest BCUT2D eigenvalue weighted by Crippen LogP contribution is 2.37. The van der Waals surface area contributed by atoms with E-state index in [4.69, 9.17) is 4.42 Å². The van der Waals surface area contributed by atoms with E-state index in [1.54, 1.807) is 30.3 Å². The molecule has 1 unspecified atom stereocenters. The molecule has 0 radical (unpaired) electrons. The Morgan fingerprint density at radius 1 is 0.947 bits per heavy atom. The minimum Gasteiger partial charge on any atom is -0.480 e. The standard InChI is InChI=1S/C29H21F3N2O4/c30-29(31,32)24-12-5-4-11-23(24)26-14-13-22(38-26)18-34(27(35)21-10-6-9-20(15-21)17-33)25(28(36)37)16-19-7-2-1-3-8-19/h1-15,25H,16,18H2,(H,36,37). The maximum Gasteiger partial charge on any atom is 0.417 e. The zero-order valence-electron chi connectivity index (χ0n) is 19.9. The van der Waals surface area contributed by atoms with Gasteiger partial charge >= 0.3 is 12.1 Å². The highest BCUT2D eigenvalue weighted by Gasteiger charge is 2.35. The van der Waals surface area contributed by atoms with Gasteiger partial charge in [-0.2, -0.15) is 18.4 Å². The lowest BCUT2D eigenvalue weighted by Crippen LogP contribution is -2.46. The normalized spacial score (nSPS) is 11.9. The lowest BCUT2D eigenvalue weighted by Gasteiger charge is -2.28. The Morgan fingerprint density at radius 2 is 1.66 bits per heavy atom. The van der Waals surface area contributed by atoms with Crippen LogP contribution in [-0.4, -0.2) is 27.9 Å². The zero-order valence-corrected chi connectivity index (χ0v) is 19.9. The zero-order chi connectivity index (χ0) is 27.3. The first-order valence-electron chi connectivity index (χ1n) is 11.5. The minimum absolute atomic E-state index is 0.0235. The first-order valence-corrected chi connectivity index (χ1v) is 11.5. The summed E-state index contributed by atoms with van der Waals surface area (Å²) in [6.07, 6.45) is -4.63. The van der Waals surface area contributed by atoms with E-state index in [-0.39, 0.29) is 41.2 Å². The molecule has 0 aliphatic heterocycles. The van der Waals surface area contributed by atoms with Gasteiger partial charge in [-0.05, 0) is 42.0 Å². The molecule has 1 atom stereocenters. The van der Waals surface area contributed by atoms with Crippen molar-refractivity contribution >= 4 is 11.9 Å². The average Bonchev–Trinajstić information content (AvgIpc) is 3.39. The molecule has 3 aromatic carbocycles. The summed E-state index contributed by atoms with van der Waals surface area (Å²) >= 11 is 0. The fourth-order valence-electron chi connectivity index (χ4n) is 4.10. The molecule has 9 heteroatoms. The van der Waals surface area contributed by atoms with Crippen molar-refractivity contribution in [3.63, 3.8) is 0 Å². The molecular formula is C29H21F3N2O4. The monoisotopic (exact) mass is 518 g/mol. The fourth-order valence-corrected chi connectivity index (χ4v) is 4.10. The number of carbonyl (C=O) groups excluding carboxylic acids is 1. The van der Waals surface area contributed by atoms with Gasteiger partial charge in [0.05, 0.1) is 23.7 Å². The van der Waals surface area contributed by atoms with E-state index in [9.17, 15) is 33.1 Å². The van der Waals surface area contributed by atoms with Crippen LogP contribution in [0.25, 0.3) is 11.3 Å². The average molecular weight is 518 g/mol. The summed E-state index contributed by atoms with van der Waals surface area (Å²) in [5, 5.41) is 19.3. The summed E-state index contributed by atoms with van der Waals surface area (Å²) in [6.45, 7) is -0.326.